The van der Waals surface area contributed by atoms with Gasteiger partial charge >= 0.3 is 0 Å². The van der Waals surface area contributed by atoms with E-state index in [9.17, 15) is 24.0 Å². The number of carbonyl (C=O) groups is 5. The van der Waals surface area contributed by atoms with Crippen LogP contribution in [-0.2, 0) is 20.9 Å². The zero-order chi connectivity index (χ0) is 19.3. The van der Waals surface area contributed by atoms with E-state index in [0.717, 1.165) is 17.7 Å². The normalized spacial score (nSPS) is 24.7. The minimum atomic E-state index is -1.42. The molecule has 4 rings (SSSR count). The molecule has 1 saturated heterocycles. The first-order valence-electron chi connectivity index (χ1n) is 8.95. The number of rotatable bonds is 4. The number of hydrogen-bond donors (Lipinski definition) is 2. The summed E-state index contributed by atoms with van der Waals surface area (Å²) < 4.78 is 0. The summed E-state index contributed by atoms with van der Waals surface area (Å²) in [6.07, 6.45) is 1.88. The molecule has 2 fully saturated rings. The lowest BCUT2D eigenvalue weighted by molar-refractivity contribution is -0.141. The van der Waals surface area contributed by atoms with Gasteiger partial charge in [-0.05, 0) is 37.8 Å². The third kappa shape index (κ3) is 2.72. The first-order valence-corrected chi connectivity index (χ1v) is 8.95. The molecule has 1 atom stereocenters. The third-order valence-electron chi connectivity index (χ3n) is 5.48. The average molecular weight is 369 g/mol. The van der Waals surface area contributed by atoms with Gasteiger partial charge in [-0.2, -0.15) is 0 Å². The zero-order valence-electron chi connectivity index (χ0n) is 14.8. The van der Waals surface area contributed by atoms with E-state index in [1.807, 2.05) is 0 Å². The fraction of sp³-hybridized carbons (Fsp3) is 0.421. The van der Waals surface area contributed by atoms with Crippen molar-refractivity contribution in [3.8, 4) is 0 Å². The van der Waals surface area contributed by atoms with E-state index < -0.39 is 29.2 Å². The quantitative estimate of drug-likeness (QED) is 0.751. The molecular weight excluding hydrogens is 350 g/mol. The van der Waals surface area contributed by atoms with Crippen LogP contribution in [0.15, 0.2) is 18.2 Å². The zero-order valence-corrected chi connectivity index (χ0v) is 14.8. The molecule has 3 aliphatic rings. The Hall–Kier alpha value is -3.03. The minimum absolute atomic E-state index is 0.0398. The van der Waals surface area contributed by atoms with Crippen LogP contribution in [0.4, 0.5) is 0 Å². The van der Waals surface area contributed by atoms with E-state index >= 15 is 0 Å². The Morgan fingerprint density at radius 3 is 2.63 bits per heavy atom. The second-order valence-electron chi connectivity index (χ2n) is 7.43. The van der Waals surface area contributed by atoms with Gasteiger partial charge in [0.15, 0.2) is 0 Å². The van der Waals surface area contributed by atoms with Gasteiger partial charge in [0.05, 0.1) is 11.1 Å². The molecule has 140 valence electrons. The summed E-state index contributed by atoms with van der Waals surface area (Å²) in [6, 6.07) is 4.88. The van der Waals surface area contributed by atoms with Crippen molar-refractivity contribution in [2.45, 2.75) is 44.7 Å². The van der Waals surface area contributed by atoms with E-state index in [4.69, 9.17) is 0 Å². The summed E-state index contributed by atoms with van der Waals surface area (Å²) in [5, 5.41) is 5.01. The number of piperidine rings is 1. The van der Waals surface area contributed by atoms with Crippen LogP contribution >= 0.6 is 0 Å². The highest BCUT2D eigenvalue weighted by molar-refractivity contribution is 6.24. The van der Waals surface area contributed by atoms with E-state index in [2.05, 4.69) is 10.6 Å². The highest BCUT2D eigenvalue weighted by Gasteiger charge is 2.53. The van der Waals surface area contributed by atoms with Crippen molar-refractivity contribution in [1.29, 1.82) is 0 Å². The lowest BCUT2D eigenvalue weighted by Gasteiger charge is -2.38. The van der Waals surface area contributed by atoms with Crippen molar-refractivity contribution in [3.63, 3.8) is 0 Å². The summed E-state index contributed by atoms with van der Waals surface area (Å²) in [4.78, 5) is 62.7. The van der Waals surface area contributed by atoms with Gasteiger partial charge in [0.25, 0.3) is 17.7 Å². The molecule has 1 aromatic carbocycles. The maximum atomic E-state index is 13.1. The van der Waals surface area contributed by atoms with Gasteiger partial charge < -0.3 is 5.32 Å². The number of amides is 5. The van der Waals surface area contributed by atoms with Gasteiger partial charge in [-0.3, -0.25) is 34.2 Å². The molecule has 5 amide bonds. The Balaban J connectivity index is 1.64. The summed E-state index contributed by atoms with van der Waals surface area (Å²) in [6.45, 7) is 1.64. The van der Waals surface area contributed by atoms with Crippen LogP contribution in [-0.4, -0.2) is 40.0 Å². The van der Waals surface area contributed by atoms with E-state index in [1.165, 1.54) is 13.0 Å². The highest BCUT2D eigenvalue weighted by atomic mass is 16.2. The average Bonchev–Trinajstić information content (AvgIpc) is 3.44. The van der Waals surface area contributed by atoms with Crippen LogP contribution < -0.4 is 10.6 Å². The molecule has 0 radical (unpaired) electrons. The molecule has 0 aromatic heterocycles. The number of benzene rings is 1. The van der Waals surface area contributed by atoms with Crippen LogP contribution in [0.25, 0.3) is 0 Å². The van der Waals surface area contributed by atoms with Crippen LogP contribution in [0.1, 0.15) is 58.9 Å². The van der Waals surface area contributed by atoms with Crippen LogP contribution in [0.3, 0.4) is 0 Å². The van der Waals surface area contributed by atoms with E-state index in [0.29, 0.717) is 5.56 Å². The second kappa shape index (κ2) is 6.00. The minimum Gasteiger partial charge on any atom is -0.352 e. The van der Waals surface area contributed by atoms with E-state index in [-0.39, 0.29) is 42.3 Å². The summed E-state index contributed by atoms with van der Waals surface area (Å²) in [7, 11) is 0. The van der Waals surface area contributed by atoms with Gasteiger partial charge in [-0.1, -0.05) is 12.1 Å². The van der Waals surface area contributed by atoms with Crippen molar-refractivity contribution in [3.05, 3.63) is 34.9 Å². The summed E-state index contributed by atoms with van der Waals surface area (Å²) in [5.41, 5.74) is -0.456. The van der Waals surface area contributed by atoms with Crippen LogP contribution in [0.2, 0.25) is 0 Å². The molecule has 1 aliphatic carbocycles. The van der Waals surface area contributed by atoms with Crippen LogP contribution in [0.5, 0.6) is 0 Å². The Bertz CT molecular complexity index is 905. The maximum absolute atomic E-state index is 13.1. The monoisotopic (exact) mass is 369 g/mol. The first kappa shape index (κ1) is 17.4. The van der Waals surface area contributed by atoms with E-state index in [1.54, 1.807) is 12.1 Å². The van der Waals surface area contributed by atoms with Crippen LogP contribution in [0, 0.1) is 5.92 Å². The fourth-order valence-electron chi connectivity index (χ4n) is 3.63. The number of carbonyl (C=O) groups excluding carboxylic acids is 5. The largest absolute Gasteiger partial charge is 0.352 e. The Labute approximate surface area is 155 Å². The van der Waals surface area contributed by atoms with Crippen molar-refractivity contribution in [2.75, 3.05) is 0 Å². The number of nitrogens with zero attached hydrogens (tertiary/aromatic N) is 1. The molecule has 0 unspecified atom stereocenters. The molecule has 2 heterocycles. The molecule has 2 aliphatic heterocycles. The SMILES string of the molecule is C[C@@]1(N2C(=O)c3cccc(CNC(=O)C4CC4)c3C2=O)CCC(=O)NC1=O. The molecule has 2 N–H and O–H groups in total. The Morgan fingerprint density at radius 2 is 1.96 bits per heavy atom. The van der Waals surface area contributed by atoms with Gasteiger partial charge in [0.2, 0.25) is 11.8 Å². The van der Waals surface area contributed by atoms with Crippen molar-refractivity contribution < 1.29 is 24.0 Å². The smallest absolute Gasteiger partial charge is 0.262 e. The summed E-state index contributed by atoms with van der Waals surface area (Å²) >= 11 is 0. The Morgan fingerprint density at radius 1 is 1.22 bits per heavy atom. The number of hydrogen-bond acceptors (Lipinski definition) is 5. The number of fused-ring (bicyclic) bond motifs is 1. The molecule has 0 bridgehead atoms. The number of imide groups is 2. The van der Waals surface area contributed by atoms with Gasteiger partial charge in [0.1, 0.15) is 5.54 Å². The topological polar surface area (TPSA) is 113 Å². The van der Waals surface area contributed by atoms with Crippen molar-refractivity contribution in [2.24, 2.45) is 5.92 Å². The fourth-order valence-corrected chi connectivity index (χ4v) is 3.63. The summed E-state index contributed by atoms with van der Waals surface area (Å²) in [5.74, 6) is -2.22. The molecular formula is C19H19N3O5. The first-order chi connectivity index (χ1) is 12.8. The predicted molar refractivity (Wildman–Crippen MR) is 92.3 cm³/mol. The molecule has 8 heteroatoms. The molecule has 1 aromatic rings. The standard InChI is InChI=1S/C19H19N3O5/c1-19(8-7-13(23)21-18(19)27)22-16(25)12-4-2-3-11(14(12)17(22)26)9-20-15(24)10-5-6-10/h2-4,10H,5-9H2,1H3,(H,20,24)(H,21,23,27)/t19-/m1/s1. The van der Waals surface area contributed by atoms with Gasteiger partial charge in [-0.15, -0.1) is 0 Å². The van der Waals surface area contributed by atoms with Gasteiger partial charge in [0, 0.05) is 18.9 Å². The highest BCUT2D eigenvalue weighted by Crippen LogP contribution is 2.35. The van der Waals surface area contributed by atoms with Crippen molar-refractivity contribution in [1.82, 2.24) is 15.5 Å². The lowest BCUT2D eigenvalue weighted by atomic mass is 9.89. The predicted octanol–water partition coefficient (Wildman–Crippen LogP) is 0.504. The molecule has 0 spiro atoms. The molecule has 1 saturated carbocycles. The third-order valence-corrected chi connectivity index (χ3v) is 5.48. The number of nitrogens with one attached hydrogen (secondary N) is 2. The van der Waals surface area contributed by atoms with Gasteiger partial charge in [-0.25, -0.2) is 0 Å². The second-order valence-corrected chi connectivity index (χ2v) is 7.43. The van der Waals surface area contributed by atoms with Crippen molar-refractivity contribution >= 4 is 29.5 Å². The molecule has 27 heavy (non-hydrogen) atoms. The maximum Gasteiger partial charge on any atom is 0.262 e. The molecule has 8 nitrogen and oxygen atoms in total. The lowest BCUT2D eigenvalue weighted by Crippen LogP contribution is -2.62. The Kier molecular flexibility index (Phi) is 3.87.